The maximum atomic E-state index is 13.4. The minimum atomic E-state index is -0.766. The van der Waals surface area contributed by atoms with Crippen molar-refractivity contribution in [1.29, 1.82) is 0 Å². The van der Waals surface area contributed by atoms with Gasteiger partial charge in [0.05, 0.1) is 17.9 Å². The number of hydrogen-bond acceptors (Lipinski definition) is 8. The lowest BCUT2D eigenvalue weighted by molar-refractivity contribution is -0.138. The van der Waals surface area contributed by atoms with Crippen LogP contribution in [0.5, 0.6) is 0 Å². The van der Waals surface area contributed by atoms with Crippen LogP contribution in [0.2, 0.25) is 0 Å². The molecule has 2 rings (SSSR count). The van der Waals surface area contributed by atoms with Crippen LogP contribution in [0.25, 0.3) is 0 Å². The molecule has 0 saturated carbocycles. The summed E-state index contributed by atoms with van der Waals surface area (Å²) in [5, 5.41) is 7.91. The van der Waals surface area contributed by atoms with Crippen molar-refractivity contribution >= 4 is 52.9 Å². The molecule has 1 heterocycles. The summed E-state index contributed by atoms with van der Waals surface area (Å²) in [7, 11) is 1.60. The van der Waals surface area contributed by atoms with Gasteiger partial charge in [0.25, 0.3) is 0 Å². The number of carbonyl (C=O) groups is 6. The molecule has 3 atom stereocenters. The van der Waals surface area contributed by atoms with Crippen molar-refractivity contribution in [2.75, 3.05) is 31.8 Å². The van der Waals surface area contributed by atoms with E-state index in [9.17, 15) is 28.8 Å². The second-order valence-corrected chi connectivity index (χ2v) is 12.4. The SMILES string of the molecule is COCc1ccc(NC(=O)[C@H](CCCNC(N)=O)CC(=O)C(NC(=O)CCCCCN2C(=O)CC(SC)C2=O)C(C)C)cc1. The Morgan fingerprint density at radius 1 is 1.07 bits per heavy atom. The van der Waals surface area contributed by atoms with Crippen molar-refractivity contribution in [3.8, 4) is 0 Å². The van der Waals surface area contributed by atoms with E-state index in [4.69, 9.17) is 10.5 Å². The summed E-state index contributed by atoms with van der Waals surface area (Å²) in [4.78, 5) is 76.1. The van der Waals surface area contributed by atoms with Crippen molar-refractivity contribution in [2.45, 2.75) is 83.1 Å². The van der Waals surface area contributed by atoms with E-state index in [2.05, 4.69) is 16.0 Å². The van der Waals surface area contributed by atoms with Crippen LogP contribution in [-0.2, 0) is 35.3 Å². The number of benzene rings is 1. The van der Waals surface area contributed by atoms with Gasteiger partial charge in [0.15, 0.2) is 5.78 Å². The highest BCUT2D eigenvalue weighted by molar-refractivity contribution is 8.00. The summed E-state index contributed by atoms with van der Waals surface area (Å²) >= 11 is 1.38. The minimum absolute atomic E-state index is 0.0811. The van der Waals surface area contributed by atoms with Gasteiger partial charge < -0.3 is 26.4 Å². The summed E-state index contributed by atoms with van der Waals surface area (Å²) < 4.78 is 5.12. The maximum Gasteiger partial charge on any atom is 0.312 e. The Morgan fingerprint density at radius 2 is 1.77 bits per heavy atom. The number of rotatable bonds is 20. The summed E-state index contributed by atoms with van der Waals surface area (Å²) in [6, 6.07) is 5.78. The van der Waals surface area contributed by atoms with Crippen LogP contribution in [0, 0.1) is 11.8 Å². The lowest BCUT2D eigenvalue weighted by Gasteiger charge is -2.24. The molecule has 0 bridgehead atoms. The Labute approximate surface area is 264 Å². The highest BCUT2D eigenvalue weighted by Crippen LogP contribution is 2.24. The number of primary amides is 1. The molecular formula is C31H47N5O7S. The first-order valence-corrected chi connectivity index (χ1v) is 16.4. The van der Waals surface area contributed by atoms with Crippen LogP contribution < -0.4 is 21.7 Å². The molecule has 6 amide bonds. The molecule has 244 valence electrons. The number of Topliss-reactive ketones (excluding diaryl/α,β-unsaturated/α-hetero) is 1. The first-order chi connectivity index (χ1) is 21.0. The molecule has 1 aliphatic rings. The lowest BCUT2D eigenvalue weighted by atomic mass is 9.89. The monoisotopic (exact) mass is 633 g/mol. The number of nitrogens with zero attached hydrogens (tertiary/aromatic N) is 1. The molecule has 13 heteroatoms. The van der Waals surface area contributed by atoms with Gasteiger partial charge in [-0.15, -0.1) is 0 Å². The number of imide groups is 1. The average Bonchev–Trinajstić information content (AvgIpc) is 3.25. The second-order valence-electron chi connectivity index (χ2n) is 11.3. The highest BCUT2D eigenvalue weighted by Gasteiger charge is 2.37. The second kappa shape index (κ2) is 19.0. The molecule has 0 spiro atoms. The zero-order chi connectivity index (χ0) is 32.6. The Balaban J connectivity index is 1.91. The first kappa shape index (κ1) is 36.7. The van der Waals surface area contributed by atoms with Crippen molar-refractivity contribution in [3.63, 3.8) is 0 Å². The number of ether oxygens (including phenoxy) is 1. The largest absolute Gasteiger partial charge is 0.380 e. The fourth-order valence-electron chi connectivity index (χ4n) is 5.02. The van der Waals surface area contributed by atoms with Crippen LogP contribution in [0.1, 0.15) is 70.8 Å². The lowest BCUT2D eigenvalue weighted by Crippen LogP contribution is -2.45. The summed E-state index contributed by atoms with van der Waals surface area (Å²) in [6.07, 6.45) is 4.75. The number of methoxy groups -OCH3 is 1. The Hall–Kier alpha value is -3.45. The molecule has 5 N–H and O–H groups in total. The first-order valence-electron chi connectivity index (χ1n) is 15.1. The Morgan fingerprint density at radius 3 is 2.36 bits per heavy atom. The molecule has 1 aromatic rings. The number of nitrogens with two attached hydrogens (primary N) is 1. The van der Waals surface area contributed by atoms with Gasteiger partial charge in [-0.05, 0) is 55.6 Å². The van der Waals surface area contributed by atoms with Crippen molar-refractivity contribution in [2.24, 2.45) is 17.6 Å². The van der Waals surface area contributed by atoms with E-state index in [0.29, 0.717) is 50.9 Å². The van der Waals surface area contributed by atoms with Gasteiger partial charge in [-0.3, -0.25) is 28.9 Å². The average molecular weight is 634 g/mol. The van der Waals surface area contributed by atoms with E-state index in [-0.39, 0.29) is 66.4 Å². The molecule has 0 aliphatic carbocycles. The fourth-order valence-corrected chi connectivity index (χ4v) is 5.66. The molecule has 1 fully saturated rings. The molecule has 12 nitrogen and oxygen atoms in total. The normalized spacial score (nSPS) is 16.1. The van der Waals surface area contributed by atoms with Gasteiger partial charge in [0, 0.05) is 51.1 Å². The predicted molar refractivity (Wildman–Crippen MR) is 170 cm³/mol. The number of nitrogens with one attached hydrogen (secondary N) is 3. The number of anilines is 1. The molecule has 2 unspecified atom stereocenters. The van der Waals surface area contributed by atoms with Gasteiger partial charge in [-0.2, -0.15) is 11.8 Å². The van der Waals surface area contributed by atoms with Crippen molar-refractivity contribution < 1.29 is 33.5 Å². The summed E-state index contributed by atoms with van der Waals surface area (Å²) in [5.41, 5.74) is 6.68. The predicted octanol–water partition coefficient (Wildman–Crippen LogP) is 2.99. The molecule has 1 aliphatic heterocycles. The van der Waals surface area contributed by atoms with E-state index >= 15 is 0 Å². The van der Waals surface area contributed by atoms with Crippen LogP contribution in [-0.4, -0.2) is 78.1 Å². The topological polar surface area (TPSA) is 177 Å². The van der Waals surface area contributed by atoms with Crippen molar-refractivity contribution in [3.05, 3.63) is 29.8 Å². The number of thioether (sulfide) groups is 1. The van der Waals surface area contributed by atoms with Crippen LogP contribution in [0.4, 0.5) is 10.5 Å². The molecule has 1 aromatic carbocycles. The molecule has 0 radical (unpaired) electrons. The van der Waals surface area contributed by atoms with Crippen molar-refractivity contribution in [1.82, 2.24) is 15.5 Å². The Kier molecular flexibility index (Phi) is 15.9. The van der Waals surface area contributed by atoms with Gasteiger partial charge in [0.1, 0.15) is 0 Å². The molecule has 0 aromatic heterocycles. The minimum Gasteiger partial charge on any atom is -0.380 e. The van der Waals surface area contributed by atoms with Crippen LogP contribution in [0.3, 0.4) is 0 Å². The van der Waals surface area contributed by atoms with E-state index in [1.54, 1.807) is 19.2 Å². The number of amides is 6. The zero-order valence-corrected chi connectivity index (χ0v) is 27.0. The smallest absolute Gasteiger partial charge is 0.312 e. The third kappa shape index (κ3) is 12.3. The van der Waals surface area contributed by atoms with E-state index in [0.717, 1.165) is 5.56 Å². The number of carbonyl (C=O) groups excluding carboxylic acids is 6. The van der Waals surface area contributed by atoms with Gasteiger partial charge in [0.2, 0.25) is 23.6 Å². The summed E-state index contributed by atoms with van der Waals surface area (Å²) in [6.45, 7) is 4.73. The van der Waals surface area contributed by atoms with Gasteiger partial charge in [-0.1, -0.05) is 32.4 Å². The molecular weight excluding hydrogens is 586 g/mol. The number of hydrogen-bond donors (Lipinski definition) is 4. The molecule has 44 heavy (non-hydrogen) atoms. The van der Waals surface area contributed by atoms with E-state index < -0.39 is 18.0 Å². The standard InChI is InChI=1S/C31H47N5O7S/c1-20(2)28(35-26(38)10-6-5-7-16-36-27(39)18-25(44-4)30(36)41)24(37)17-22(9-8-15-33-31(32)42)29(40)34-23-13-11-21(12-14-23)19-43-3/h11-14,20,22,25,28H,5-10,15-19H2,1-4H3,(H,34,40)(H,35,38)(H3,32,33,42)/t22-,25?,28?/m1/s1. The van der Waals surface area contributed by atoms with Gasteiger partial charge >= 0.3 is 6.03 Å². The molecule has 1 saturated heterocycles. The zero-order valence-electron chi connectivity index (χ0n) is 26.2. The quantitative estimate of drug-likeness (QED) is 0.125. The highest BCUT2D eigenvalue weighted by atomic mass is 32.2. The van der Waals surface area contributed by atoms with Crippen LogP contribution in [0.15, 0.2) is 24.3 Å². The maximum absolute atomic E-state index is 13.4. The van der Waals surface area contributed by atoms with E-state index in [1.807, 2.05) is 32.2 Å². The van der Waals surface area contributed by atoms with Crippen LogP contribution >= 0.6 is 11.8 Å². The number of unbranched alkanes of at least 4 members (excludes halogenated alkanes) is 2. The third-order valence-corrected chi connectivity index (χ3v) is 8.42. The summed E-state index contributed by atoms with van der Waals surface area (Å²) in [5.74, 6) is -2.02. The van der Waals surface area contributed by atoms with Gasteiger partial charge in [-0.25, -0.2) is 4.79 Å². The fraction of sp³-hybridized carbons (Fsp3) is 0.613. The number of likely N-dealkylation sites (tertiary alicyclic amines) is 1. The van der Waals surface area contributed by atoms with E-state index in [1.165, 1.54) is 16.7 Å². The third-order valence-electron chi connectivity index (χ3n) is 7.48. The number of urea groups is 1. The number of ketones is 1. The Bertz CT molecular complexity index is 1140.